The Bertz CT molecular complexity index is 661. The molecule has 154 valence electrons. The third kappa shape index (κ3) is 7.42. The molecule has 9 heteroatoms. The Morgan fingerprint density at radius 3 is 2.25 bits per heavy atom. The molecule has 0 unspecified atom stereocenters. The van der Waals surface area contributed by atoms with Crippen LogP contribution in [0.3, 0.4) is 0 Å². The van der Waals surface area contributed by atoms with Crippen LogP contribution in [-0.2, 0) is 9.47 Å². The van der Waals surface area contributed by atoms with Crippen molar-refractivity contribution in [3.8, 4) is 0 Å². The monoisotopic (exact) mass is 391 g/mol. The molecule has 0 aromatic carbocycles. The summed E-state index contributed by atoms with van der Waals surface area (Å²) in [5, 5.41) is 5.11. The lowest BCUT2D eigenvalue weighted by Crippen LogP contribution is -2.29. The van der Waals surface area contributed by atoms with Crippen molar-refractivity contribution in [1.29, 1.82) is 0 Å². The number of ether oxygens (including phenoxy) is 2. The summed E-state index contributed by atoms with van der Waals surface area (Å²) in [6.07, 6.45) is 3.79. The van der Waals surface area contributed by atoms with Crippen molar-refractivity contribution in [3.63, 3.8) is 0 Å². The van der Waals surface area contributed by atoms with E-state index in [-0.39, 0.29) is 30.2 Å². The Morgan fingerprint density at radius 2 is 1.68 bits per heavy atom. The minimum Gasteiger partial charge on any atom is -0.449 e. The second kappa shape index (κ2) is 10.5. The minimum absolute atomic E-state index is 0.0555. The molecule has 1 aliphatic rings. The van der Waals surface area contributed by atoms with Crippen LogP contribution in [0.15, 0.2) is 18.2 Å². The standard InChI is InChI=1S/C19H29N5O4/c1-13(2)11-27-18(25)21-15-10-16(24-8-6-5-7-9-24)22-17(20-15)23-19(26)28-12-14(3)4/h5-6,10,13-14H,7-9,11-12H2,1-4H3,(H2,20,21,22,23,25,26). The van der Waals surface area contributed by atoms with Crippen LogP contribution in [0.1, 0.15) is 34.1 Å². The number of hydrogen-bond acceptors (Lipinski definition) is 7. The van der Waals surface area contributed by atoms with Crippen molar-refractivity contribution in [3.05, 3.63) is 18.2 Å². The summed E-state index contributed by atoms with van der Waals surface area (Å²) < 4.78 is 10.2. The largest absolute Gasteiger partial charge is 0.449 e. The summed E-state index contributed by atoms with van der Waals surface area (Å²) in [5.74, 6) is 1.33. The molecule has 0 radical (unpaired) electrons. The lowest BCUT2D eigenvalue weighted by molar-refractivity contribution is 0.147. The molecule has 28 heavy (non-hydrogen) atoms. The molecule has 2 rings (SSSR count). The maximum Gasteiger partial charge on any atom is 0.414 e. The molecule has 1 aliphatic heterocycles. The number of aromatic nitrogens is 2. The topological polar surface area (TPSA) is 106 Å². The molecule has 2 heterocycles. The summed E-state index contributed by atoms with van der Waals surface area (Å²) in [4.78, 5) is 34.5. The van der Waals surface area contributed by atoms with Crippen molar-refractivity contribution < 1.29 is 19.1 Å². The zero-order valence-electron chi connectivity index (χ0n) is 16.9. The van der Waals surface area contributed by atoms with Crippen molar-refractivity contribution in [1.82, 2.24) is 9.97 Å². The van der Waals surface area contributed by atoms with Gasteiger partial charge in [0.2, 0.25) is 5.95 Å². The lowest BCUT2D eigenvalue weighted by atomic mass is 10.2. The lowest BCUT2D eigenvalue weighted by Gasteiger charge is -2.25. The third-order valence-electron chi connectivity index (χ3n) is 3.63. The van der Waals surface area contributed by atoms with Gasteiger partial charge in [-0.3, -0.25) is 10.6 Å². The van der Waals surface area contributed by atoms with E-state index in [4.69, 9.17) is 9.47 Å². The molecular formula is C19H29N5O4. The number of nitrogens with zero attached hydrogens (tertiary/aromatic N) is 3. The molecule has 0 saturated carbocycles. The summed E-state index contributed by atoms with van der Waals surface area (Å²) in [7, 11) is 0. The van der Waals surface area contributed by atoms with Gasteiger partial charge in [-0.25, -0.2) is 9.59 Å². The van der Waals surface area contributed by atoms with Gasteiger partial charge in [-0.1, -0.05) is 39.8 Å². The van der Waals surface area contributed by atoms with Gasteiger partial charge in [0.25, 0.3) is 0 Å². The predicted molar refractivity (Wildman–Crippen MR) is 108 cm³/mol. The van der Waals surface area contributed by atoms with E-state index in [1.165, 1.54) is 0 Å². The number of amides is 2. The molecular weight excluding hydrogens is 362 g/mol. The van der Waals surface area contributed by atoms with Crippen LogP contribution in [0.25, 0.3) is 0 Å². The highest BCUT2D eigenvalue weighted by Crippen LogP contribution is 2.20. The molecule has 1 aromatic heterocycles. The van der Waals surface area contributed by atoms with Crippen LogP contribution >= 0.6 is 0 Å². The van der Waals surface area contributed by atoms with Crippen molar-refractivity contribution >= 4 is 29.8 Å². The zero-order valence-corrected chi connectivity index (χ0v) is 16.9. The second-order valence-corrected chi connectivity index (χ2v) is 7.38. The molecule has 0 atom stereocenters. The van der Waals surface area contributed by atoms with Gasteiger partial charge in [-0.2, -0.15) is 9.97 Å². The van der Waals surface area contributed by atoms with Crippen molar-refractivity contribution in [2.24, 2.45) is 11.8 Å². The molecule has 0 fully saturated rings. The van der Waals surface area contributed by atoms with Crippen LogP contribution in [-0.4, -0.2) is 48.5 Å². The maximum absolute atomic E-state index is 12.0. The Morgan fingerprint density at radius 1 is 1.04 bits per heavy atom. The van der Waals surface area contributed by atoms with E-state index in [9.17, 15) is 9.59 Å². The van der Waals surface area contributed by atoms with Gasteiger partial charge in [0.15, 0.2) is 0 Å². The van der Waals surface area contributed by atoms with Crippen LogP contribution in [0.2, 0.25) is 0 Å². The number of hydrogen-bond donors (Lipinski definition) is 2. The first-order valence-corrected chi connectivity index (χ1v) is 9.50. The number of carbonyl (C=O) groups excluding carboxylic acids is 2. The van der Waals surface area contributed by atoms with Crippen LogP contribution in [0.4, 0.5) is 27.2 Å². The van der Waals surface area contributed by atoms with Gasteiger partial charge in [0.05, 0.1) is 13.2 Å². The van der Waals surface area contributed by atoms with E-state index in [0.29, 0.717) is 19.0 Å². The first-order valence-electron chi connectivity index (χ1n) is 9.50. The predicted octanol–water partition coefficient (Wildman–Crippen LogP) is 3.65. The highest BCUT2D eigenvalue weighted by Gasteiger charge is 2.16. The second-order valence-electron chi connectivity index (χ2n) is 7.38. The molecule has 0 spiro atoms. The van der Waals surface area contributed by atoms with Crippen LogP contribution in [0.5, 0.6) is 0 Å². The molecule has 0 bridgehead atoms. The smallest absolute Gasteiger partial charge is 0.414 e. The summed E-state index contributed by atoms with van der Waals surface area (Å²) in [5.41, 5.74) is 0. The Hall–Kier alpha value is -2.84. The normalized spacial score (nSPS) is 13.6. The van der Waals surface area contributed by atoms with Crippen LogP contribution < -0.4 is 15.5 Å². The fraction of sp³-hybridized carbons (Fsp3) is 0.579. The number of anilines is 3. The zero-order chi connectivity index (χ0) is 20.5. The SMILES string of the molecule is CC(C)COC(=O)Nc1cc(N2CC=CCC2)nc(NC(=O)OCC(C)C)n1. The van der Waals surface area contributed by atoms with Crippen molar-refractivity contribution in [2.45, 2.75) is 34.1 Å². The molecule has 9 nitrogen and oxygen atoms in total. The highest BCUT2D eigenvalue weighted by molar-refractivity contribution is 5.86. The van der Waals surface area contributed by atoms with Crippen molar-refractivity contribution in [2.75, 3.05) is 41.8 Å². The number of carbonyl (C=O) groups is 2. The summed E-state index contributed by atoms with van der Waals surface area (Å²) >= 11 is 0. The Balaban J connectivity index is 2.14. The van der Waals surface area contributed by atoms with Crippen LogP contribution in [0, 0.1) is 11.8 Å². The highest BCUT2D eigenvalue weighted by atomic mass is 16.6. The van der Waals surface area contributed by atoms with E-state index in [0.717, 1.165) is 13.0 Å². The molecule has 0 saturated heterocycles. The van der Waals surface area contributed by atoms with Gasteiger partial charge < -0.3 is 14.4 Å². The molecule has 2 amide bonds. The van der Waals surface area contributed by atoms with Gasteiger partial charge in [0.1, 0.15) is 11.6 Å². The first kappa shape index (κ1) is 21.5. The summed E-state index contributed by atoms with van der Waals surface area (Å²) in [6, 6.07) is 1.65. The van der Waals surface area contributed by atoms with E-state index < -0.39 is 12.2 Å². The third-order valence-corrected chi connectivity index (χ3v) is 3.63. The average molecular weight is 391 g/mol. The fourth-order valence-electron chi connectivity index (χ4n) is 2.32. The summed E-state index contributed by atoms with van der Waals surface area (Å²) in [6.45, 7) is 9.84. The molecule has 0 aliphatic carbocycles. The fourth-order valence-corrected chi connectivity index (χ4v) is 2.32. The number of nitrogens with one attached hydrogen (secondary N) is 2. The average Bonchev–Trinajstić information content (AvgIpc) is 2.65. The van der Waals surface area contributed by atoms with E-state index in [1.54, 1.807) is 6.07 Å². The van der Waals surface area contributed by atoms with E-state index in [1.807, 2.05) is 38.7 Å². The Kier molecular flexibility index (Phi) is 8.03. The number of rotatable bonds is 7. The maximum atomic E-state index is 12.0. The van der Waals surface area contributed by atoms with E-state index >= 15 is 0 Å². The minimum atomic E-state index is -0.641. The molecule has 1 aromatic rings. The quantitative estimate of drug-likeness (QED) is 0.683. The van der Waals surface area contributed by atoms with Gasteiger partial charge in [0, 0.05) is 19.2 Å². The Labute approximate surface area is 165 Å². The van der Waals surface area contributed by atoms with Gasteiger partial charge in [-0.15, -0.1) is 0 Å². The van der Waals surface area contributed by atoms with Gasteiger partial charge >= 0.3 is 12.2 Å². The van der Waals surface area contributed by atoms with Gasteiger partial charge in [-0.05, 0) is 18.3 Å². The van der Waals surface area contributed by atoms with E-state index in [2.05, 4.69) is 26.7 Å². The molecule has 2 N–H and O–H groups in total. The first-order chi connectivity index (χ1) is 13.3.